The van der Waals surface area contributed by atoms with E-state index in [0.29, 0.717) is 5.69 Å². The van der Waals surface area contributed by atoms with Crippen LogP contribution in [0.5, 0.6) is 0 Å². The molecule has 1 saturated heterocycles. The van der Waals surface area contributed by atoms with Gasteiger partial charge in [0.05, 0.1) is 12.1 Å². The third-order valence-corrected chi connectivity index (χ3v) is 5.12. The van der Waals surface area contributed by atoms with Crippen LogP contribution in [0.4, 0.5) is 0 Å². The second-order valence-electron chi connectivity index (χ2n) is 5.90. The summed E-state index contributed by atoms with van der Waals surface area (Å²) in [6, 6.07) is 8.35. The molecule has 1 fully saturated rings. The molecule has 1 aliphatic heterocycles. The highest BCUT2D eigenvalue weighted by molar-refractivity contribution is 7.13. The molecule has 1 aromatic carbocycles. The molecular weight excluding hydrogens is 308 g/mol. The van der Waals surface area contributed by atoms with Crippen molar-refractivity contribution in [3.63, 3.8) is 0 Å². The summed E-state index contributed by atoms with van der Waals surface area (Å²) in [6.45, 7) is 4.92. The molecule has 2 heterocycles. The minimum absolute atomic E-state index is 0.0130. The maximum absolute atomic E-state index is 12.3. The van der Waals surface area contributed by atoms with E-state index in [1.807, 2.05) is 12.3 Å². The number of benzene rings is 1. The topological polar surface area (TPSA) is 51.2 Å². The molecule has 2 atom stereocenters. The van der Waals surface area contributed by atoms with Crippen molar-refractivity contribution in [2.24, 2.45) is 0 Å². The summed E-state index contributed by atoms with van der Waals surface area (Å²) >= 11 is 1.50. The van der Waals surface area contributed by atoms with Gasteiger partial charge in [-0.1, -0.05) is 31.2 Å². The minimum Gasteiger partial charge on any atom is -0.376 e. The van der Waals surface area contributed by atoms with E-state index in [2.05, 4.69) is 41.5 Å². The van der Waals surface area contributed by atoms with Crippen LogP contribution in [-0.2, 0) is 11.2 Å². The maximum Gasteiger partial charge on any atom is 0.271 e. The Kier molecular flexibility index (Phi) is 5.08. The molecule has 3 rings (SSSR count). The van der Waals surface area contributed by atoms with E-state index in [0.717, 1.165) is 36.4 Å². The van der Waals surface area contributed by atoms with Crippen molar-refractivity contribution in [2.45, 2.75) is 45.3 Å². The van der Waals surface area contributed by atoms with Crippen LogP contribution < -0.4 is 5.32 Å². The Morgan fingerprint density at radius 1 is 1.43 bits per heavy atom. The SMILES string of the molecule is CCc1ccc(-c2nc(C(=O)N[C@@H](C)[C@H]3CCCO3)cs2)cc1. The molecule has 0 spiro atoms. The van der Waals surface area contributed by atoms with Gasteiger partial charge in [0, 0.05) is 17.6 Å². The van der Waals surface area contributed by atoms with Crippen molar-refractivity contribution in [2.75, 3.05) is 6.61 Å². The lowest BCUT2D eigenvalue weighted by Gasteiger charge is -2.19. The van der Waals surface area contributed by atoms with Crippen LogP contribution in [-0.4, -0.2) is 29.6 Å². The average Bonchev–Trinajstić information content (AvgIpc) is 3.26. The fraction of sp³-hybridized carbons (Fsp3) is 0.444. The molecule has 0 saturated carbocycles. The first-order valence-electron chi connectivity index (χ1n) is 8.14. The zero-order chi connectivity index (χ0) is 16.2. The zero-order valence-electron chi connectivity index (χ0n) is 13.5. The lowest BCUT2D eigenvalue weighted by atomic mass is 10.1. The lowest BCUT2D eigenvalue weighted by molar-refractivity contribution is 0.0710. The molecule has 23 heavy (non-hydrogen) atoms. The molecule has 1 aliphatic rings. The van der Waals surface area contributed by atoms with Crippen molar-refractivity contribution in [3.05, 3.63) is 40.9 Å². The number of carbonyl (C=O) groups is 1. The van der Waals surface area contributed by atoms with Gasteiger partial charge in [-0.3, -0.25) is 4.79 Å². The maximum atomic E-state index is 12.3. The Bertz CT molecular complexity index is 660. The molecule has 5 heteroatoms. The van der Waals surface area contributed by atoms with Gasteiger partial charge >= 0.3 is 0 Å². The van der Waals surface area contributed by atoms with E-state index in [4.69, 9.17) is 4.74 Å². The molecule has 0 radical (unpaired) electrons. The molecule has 1 aromatic heterocycles. The Hall–Kier alpha value is -1.72. The van der Waals surface area contributed by atoms with Crippen molar-refractivity contribution >= 4 is 17.2 Å². The highest BCUT2D eigenvalue weighted by atomic mass is 32.1. The molecule has 0 bridgehead atoms. The number of aromatic nitrogens is 1. The van der Waals surface area contributed by atoms with Crippen LogP contribution in [0.25, 0.3) is 10.6 Å². The van der Waals surface area contributed by atoms with Gasteiger partial charge in [-0.2, -0.15) is 0 Å². The first kappa shape index (κ1) is 16.1. The third-order valence-electron chi connectivity index (χ3n) is 4.23. The van der Waals surface area contributed by atoms with Gasteiger partial charge in [0.2, 0.25) is 0 Å². The number of nitrogens with one attached hydrogen (secondary N) is 1. The van der Waals surface area contributed by atoms with Gasteiger partial charge in [0.15, 0.2) is 0 Å². The van der Waals surface area contributed by atoms with E-state index in [9.17, 15) is 4.79 Å². The smallest absolute Gasteiger partial charge is 0.271 e. The van der Waals surface area contributed by atoms with Crippen molar-refractivity contribution in [3.8, 4) is 10.6 Å². The molecule has 2 aromatic rings. The van der Waals surface area contributed by atoms with Gasteiger partial charge in [0.25, 0.3) is 5.91 Å². The summed E-state index contributed by atoms with van der Waals surface area (Å²) in [7, 11) is 0. The number of carbonyl (C=O) groups excluding carboxylic acids is 1. The summed E-state index contributed by atoms with van der Waals surface area (Å²) < 4.78 is 5.62. The number of aryl methyl sites for hydroxylation is 1. The quantitative estimate of drug-likeness (QED) is 0.910. The number of hydrogen-bond acceptors (Lipinski definition) is 4. The van der Waals surface area contributed by atoms with Crippen LogP contribution in [0.2, 0.25) is 0 Å². The minimum atomic E-state index is -0.124. The predicted octanol–water partition coefficient (Wildman–Crippen LogP) is 3.67. The van der Waals surface area contributed by atoms with Crippen LogP contribution in [0.3, 0.4) is 0 Å². The Balaban J connectivity index is 1.66. The molecule has 1 amide bonds. The first-order chi connectivity index (χ1) is 11.2. The van der Waals surface area contributed by atoms with Gasteiger partial charge < -0.3 is 10.1 Å². The number of rotatable bonds is 5. The fourth-order valence-corrected chi connectivity index (χ4v) is 3.57. The number of amides is 1. The van der Waals surface area contributed by atoms with Gasteiger partial charge in [-0.05, 0) is 31.7 Å². The second kappa shape index (κ2) is 7.23. The summed E-state index contributed by atoms with van der Waals surface area (Å²) in [4.78, 5) is 16.8. The molecule has 1 N–H and O–H groups in total. The summed E-state index contributed by atoms with van der Waals surface area (Å²) in [6.07, 6.45) is 3.22. The highest BCUT2D eigenvalue weighted by Crippen LogP contribution is 2.24. The fourth-order valence-electron chi connectivity index (χ4n) is 2.76. The van der Waals surface area contributed by atoms with Crippen LogP contribution in [0, 0.1) is 0 Å². The number of nitrogens with zero attached hydrogens (tertiary/aromatic N) is 1. The van der Waals surface area contributed by atoms with Gasteiger partial charge in [-0.15, -0.1) is 11.3 Å². The Morgan fingerprint density at radius 2 is 2.22 bits per heavy atom. The normalized spacial score (nSPS) is 18.8. The highest BCUT2D eigenvalue weighted by Gasteiger charge is 2.24. The van der Waals surface area contributed by atoms with Crippen molar-refractivity contribution in [1.82, 2.24) is 10.3 Å². The monoisotopic (exact) mass is 330 g/mol. The largest absolute Gasteiger partial charge is 0.376 e. The lowest BCUT2D eigenvalue weighted by Crippen LogP contribution is -2.40. The van der Waals surface area contributed by atoms with E-state index in [1.54, 1.807) is 0 Å². The van der Waals surface area contributed by atoms with Crippen LogP contribution in [0.1, 0.15) is 42.7 Å². The van der Waals surface area contributed by atoms with E-state index >= 15 is 0 Å². The van der Waals surface area contributed by atoms with E-state index in [-0.39, 0.29) is 18.1 Å². The molecular formula is C18H22N2O2S. The third kappa shape index (κ3) is 3.79. The Labute approximate surface area is 140 Å². The Morgan fingerprint density at radius 3 is 2.87 bits per heavy atom. The zero-order valence-corrected chi connectivity index (χ0v) is 14.4. The van der Waals surface area contributed by atoms with Crippen molar-refractivity contribution in [1.29, 1.82) is 0 Å². The predicted molar refractivity (Wildman–Crippen MR) is 92.8 cm³/mol. The van der Waals surface area contributed by atoms with Crippen LogP contribution in [0.15, 0.2) is 29.6 Å². The number of thiazole rings is 1. The molecule has 122 valence electrons. The van der Waals surface area contributed by atoms with Gasteiger partial charge in [0.1, 0.15) is 10.7 Å². The van der Waals surface area contributed by atoms with Gasteiger partial charge in [-0.25, -0.2) is 4.98 Å². The molecule has 0 unspecified atom stereocenters. The van der Waals surface area contributed by atoms with E-state index in [1.165, 1.54) is 16.9 Å². The number of ether oxygens (including phenoxy) is 1. The molecule has 4 nitrogen and oxygen atoms in total. The first-order valence-corrected chi connectivity index (χ1v) is 9.02. The number of hydrogen-bond donors (Lipinski definition) is 1. The van der Waals surface area contributed by atoms with E-state index < -0.39 is 0 Å². The standard InChI is InChI=1S/C18H22N2O2S/c1-3-13-6-8-14(9-7-13)18-20-15(11-23-18)17(21)19-12(2)16-5-4-10-22-16/h6-9,11-12,16H,3-5,10H2,1-2H3,(H,19,21)/t12-,16+/m0/s1. The summed E-state index contributed by atoms with van der Waals surface area (Å²) in [5.74, 6) is -0.124. The summed E-state index contributed by atoms with van der Waals surface area (Å²) in [5.41, 5.74) is 2.83. The summed E-state index contributed by atoms with van der Waals surface area (Å²) in [5, 5.41) is 5.70. The molecule has 0 aliphatic carbocycles. The average molecular weight is 330 g/mol. The second-order valence-corrected chi connectivity index (χ2v) is 6.76. The van der Waals surface area contributed by atoms with Crippen molar-refractivity contribution < 1.29 is 9.53 Å². The van der Waals surface area contributed by atoms with Crippen LogP contribution >= 0.6 is 11.3 Å².